The summed E-state index contributed by atoms with van der Waals surface area (Å²) in [5.74, 6) is 0.914. The van der Waals surface area contributed by atoms with Crippen LogP contribution in [-0.2, 0) is 11.3 Å². The monoisotopic (exact) mass is 542 g/mol. The van der Waals surface area contributed by atoms with E-state index in [-0.39, 0.29) is 23.7 Å². The first-order valence-corrected chi connectivity index (χ1v) is 14.5. The number of piperidine rings is 1. The summed E-state index contributed by atoms with van der Waals surface area (Å²) in [6, 6.07) is 9.91. The first-order valence-electron chi connectivity index (χ1n) is 14.5. The summed E-state index contributed by atoms with van der Waals surface area (Å²) in [5.41, 5.74) is 5.59. The van der Waals surface area contributed by atoms with Gasteiger partial charge in [-0.1, -0.05) is 25.0 Å². The van der Waals surface area contributed by atoms with E-state index in [0.29, 0.717) is 17.3 Å². The molecule has 0 radical (unpaired) electrons. The molecule has 1 aromatic carbocycles. The number of anilines is 1. The largest absolute Gasteiger partial charge is 0.340 e. The summed E-state index contributed by atoms with van der Waals surface area (Å²) >= 11 is 0. The van der Waals surface area contributed by atoms with Crippen LogP contribution in [0.4, 0.5) is 5.82 Å². The maximum absolute atomic E-state index is 13.5. The van der Waals surface area contributed by atoms with Crippen molar-refractivity contribution in [2.75, 3.05) is 51.3 Å². The number of rotatable bonds is 7. The van der Waals surface area contributed by atoms with Crippen LogP contribution >= 0.6 is 0 Å². The Bertz CT molecular complexity index is 1240. The van der Waals surface area contributed by atoms with Crippen LogP contribution in [0.3, 0.4) is 0 Å². The van der Waals surface area contributed by atoms with E-state index >= 15 is 0 Å². The highest BCUT2D eigenvalue weighted by Gasteiger charge is 2.30. The number of likely N-dealkylation sites (N-methyl/N-ethyl adjacent to an activating group) is 1. The number of hydrogen-bond acceptors (Lipinski definition) is 8. The van der Waals surface area contributed by atoms with Gasteiger partial charge in [0.1, 0.15) is 19.7 Å². The highest BCUT2D eigenvalue weighted by atomic mass is 16.2. The Labute approximate surface area is 237 Å². The molecule has 3 heterocycles. The van der Waals surface area contributed by atoms with Crippen molar-refractivity contribution in [2.45, 2.75) is 51.1 Å². The maximum Gasteiger partial charge on any atom is 0.269 e. The molecule has 210 valence electrons. The zero-order valence-corrected chi connectivity index (χ0v) is 23.7. The highest BCUT2D eigenvalue weighted by Crippen LogP contribution is 2.26. The van der Waals surface area contributed by atoms with Gasteiger partial charge in [0, 0.05) is 50.4 Å². The summed E-state index contributed by atoms with van der Waals surface area (Å²) in [6.45, 7) is 6.07. The van der Waals surface area contributed by atoms with Gasteiger partial charge in [-0.25, -0.2) is 9.97 Å². The van der Waals surface area contributed by atoms with E-state index in [1.54, 1.807) is 6.20 Å². The molecule has 0 spiro atoms. The molecule has 1 aliphatic carbocycles. The van der Waals surface area contributed by atoms with Gasteiger partial charge in [0.2, 0.25) is 11.7 Å². The third-order valence-electron chi connectivity index (χ3n) is 8.53. The number of carbonyl (C=O) groups excluding carboxylic acids is 2. The van der Waals surface area contributed by atoms with Gasteiger partial charge in [0.15, 0.2) is 0 Å². The molecule has 40 heavy (non-hydrogen) atoms. The summed E-state index contributed by atoms with van der Waals surface area (Å²) in [4.78, 5) is 41.7. The molecule has 3 fully saturated rings. The van der Waals surface area contributed by atoms with Gasteiger partial charge in [-0.3, -0.25) is 24.9 Å². The van der Waals surface area contributed by atoms with Gasteiger partial charge in [0.25, 0.3) is 5.91 Å². The molecule has 2 aromatic rings. The molecule has 5 rings (SSSR count). The van der Waals surface area contributed by atoms with E-state index in [0.717, 1.165) is 95.4 Å². The SMILES string of the molecule is Bc1cnc(C#N)nc1N(NC(=O)c1cccc(CN2CCC(C(=O)N3CCN(C)CC3)CC2)c1)C1CCCC1. The molecule has 1 aromatic heterocycles. The lowest BCUT2D eigenvalue weighted by Crippen LogP contribution is -2.50. The molecule has 0 bridgehead atoms. The molecule has 2 aliphatic heterocycles. The number of piperazine rings is 1. The average Bonchev–Trinajstić information content (AvgIpc) is 3.52. The molecule has 2 amide bonds. The Hall–Kier alpha value is -3.49. The fourth-order valence-corrected chi connectivity index (χ4v) is 6.08. The number of nitriles is 1. The van der Waals surface area contributed by atoms with Gasteiger partial charge in [0.05, 0.1) is 6.04 Å². The highest BCUT2D eigenvalue weighted by molar-refractivity contribution is 6.35. The number of nitrogens with zero attached hydrogens (tertiary/aromatic N) is 7. The third kappa shape index (κ3) is 6.62. The van der Waals surface area contributed by atoms with Crippen molar-refractivity contribution in [3.05, 3.63) is 47.4 Å². The zero-order valence-electron chi connectivity index (χ0n) is 23.7. The number of benzene rings is 1. The number of nitrogens with one attached hydrogen (secondary N) is 1. The molecule has 2 saturated heterocycles. The minimum absolute atomic E-state index is 0.0915. The molecule has 10 nitrogen and oxygen atoms in total. The number of amides is 2. The second kappa shape index (κ2) is 12.8. The second-order valence-electron chi connectivity index (χ2n) is 11.4. The van der Waals surface area contributed by atoms with Crippen LogP contribution in [0.2, 0.25) is 0 Å². The van der Waals surface area contributed by atoms with Crippen molar-refractivity contribution in [1.82, 2.24) is 30.1 Å². The van der Waals surface area contributed by atoms with E-state index in [9.17, 15) is 14.9 Å². The van der Waals surface area contributed by atoms with Gasteiger partial charge in [-0.2, -0.15) is 5.26 Å². The summed E-state index contributed by atoms with van der Waals surface area (Å²) in [7, 11) is 4.00. The smallest absolute Gasteiger partial charge is 0.269 e. The van der Waals surface area contributed by atoms with Crippen molar-refractivity contribution in [3.63, 3.8) is 0 Å². The maximum atomic E-state index is 13.5. The van der Waals surface area contributed by atoms with Crippen molar-refractivity contribution in [2.24, 2.45) is 5.92 Å². The standard InChI is InChI=1S/C29H39BN8O2/c1-35-13-15-37(16-14-35)29(40)22-9-11-36(12-10-22)20-21-5-4-6-23(17-21)28(39)34-38(24-7-2-3-8-24)27-25(30)19-32-26(18-31)33-27/h4-6,17,19,22,24H,2-3,7-16,20,30H2,1H3,(H,34,39). The predicted molar refractivity (Wildman–Crippen MR) is 156 cm³/mol. The zero-order chi connectivity index (χ0) is 28.1. The lowest BCUT2D eigenvalue weighted by molar-refractivity contribution is -0.138. The number of likely N-dealkylation sites (tertiary alicyclic amines) is 1. The van der Waals surface area contributed by atoms with Crippen molar-refractivity contribution < 1.29 is 9.59 Å². The van der Waals surface area contributed by atoms with Crippen LogP contribution in [0.1, 0.15) is 60.3 Å². The van der Waals surface area contributed by atoms with E-state index in [2.05, 4.69) is 38.3 Å². The molecule has 0 unspecified atom stereocenters. The quantitative estimate of drug-likeness (QED) is 0.402. The van der Waals surface area contributed by atoms with Crippen LogP contribution in [0, 0.1) is 17.2 Å². The molecule has 0 atom stereocenters. The molecular formula is C29H39BN8O2. The minimum atomic E-state index is -0.193. The first-order chi connectivity index (χ1) is 19.4. The number of aromatic nitrogens is 2. The fraction of sp³-hybridized carbons (Fsp3) is 0.552. The summed E-state index contributed by atoms with van der Waals surface area (Å²) in [5, 5.41) is 11.2. The van der Waals surface area contributed by atoms with Crippen LogP contribution in [0.15, 0.2) is 30.5 Å². The molecular weight excluding hydrogens is 503 g/mol. The Morgan fingerprint density at radius 1 is 1.10 bits per heavy atom. The van der Waals surface area contributed by atoms with Crippen molar-refractivity contribution in [3.8, 4) is 6.07 Å². The fourth-order valence-electron chi connectivity index (χ4n) is 6.08. The van der Waals surface area contributed by atoms with Crippen LogP contribution in [0.25, 0.3) is 0 Å². The molecule has 1 saturated carbocycles. The normalized spacial score (nSPS) is 19.4. The lowest BCUT2D eigenvalue weighted by Gasteiger charge is -2.37. The van der Waals surface area contributed by atoms with Crippen LogP contribution < -0.4 is 15.9 Å². The summed E-state index contributed by atoms with van der Waals surface area (Å²) < 4.78 is 0. The first kappa shape index (κ1) is 28.1. The Morgan fingerprint density at radius 3 is 2.52 bits per heavy atom. The van der Waals surface area contributed by atoms with Crippen LogP contribution in [0.5, 0.6) is 0 Å². The molecule has 11 heteroatoms. The lowest BCUT2D eigenvalue weighted by atomic mass is 9.94. The van der Waals surface area contributed by atoms with E-state index in [4.69, 9.17) is 0 Å². The number of hydrogen-bond donors (Lipinski definition) is 1. The topological polar surface area (TPSA) is 109 Å². The average molecular weight is 542 g/mol. The van der Waals surface area contributed by atoms with E-state index < -0.39 is 0 Å². The van der Waals surface area contributed by atoms with E-state index in [1.165, 1.54) is 0 Å². The summed E-state index contributed by atoms with van der Waals surface area (Å²) in [6.07, 6.45) is 7.50. The Kier molecular flexibility index (Phi) is 8.97. The molecule has 3 aliphatic rings. The molecule has 1 N–H and O–H groups in total. The number of carbonyl (C=O) groups is 2. The van der Waals surface area contributed by atoms with Crippen LogP contribution in [-0.4, -0.2) is 96.7 Å². The van der Waals surface area contributed by atoms with Gasteiger partial charge in [-0.15, -0.1) is 0 Å². The Balaban J connectivity index is 1.20. The van der Waals surface area contributed by atoms with Gasteiger partial charge < -0.3 is 9.80 Å². The Morgan fingerprint density at radius 2 is 1.82 bits per heavy atom. The van der Waals surface area contributed by atoms with E-state index in [1.807, 2.05) is 42.0 Å². The van der Waals surface area contributed by atoms with Crippen molar-refractivity contribution >= 4 is 30.9 Å². The third-order valence-corrected chi connectivity index (χ3v) is 8.53. The van der Waals surface area contributed by atoms with Crippen molar-refractivity contribution in [1.29, 1.82) is 5.26 Å². The minimum Gasteiger partial charge on any atom is -0.340 e. The number of hydrazine groups is 1. The van der Waals surface area contributed by atoms with Gasteiger partial charge >= 0.3 is 0 Å². The van der Waals surface area contributed by atoms with Gasteiger partial charge in [-0.05, 0) is 69.0 Å². The second-order valence-corrected chi connectivity index (χ2v) is 11.4. The predicted octanol–water partition coefficient (Wildman–Crippen LogP) is 0.687.